The molecule has 1 aliphatic carbocycles. The molecule has 0 aliphatic heterocycles. The van der Waals surface area contributed by atoms with Crippen LogP contribution in [0.15, 0.2) is 36.5 Å². The average Bonchev–Trinajstić information content (AvgIpc) is 3.25. The van der Waals surface area contributed by atoms with Crippen molar-refractivity contribution in [2.75, 3.05) is 13.1 Å². The van der Waals surface area contributed by atoms with E-state index in [1.165, 1.54) is 0 Å². The molecule has 0 unspecified atom stereocenters. The van der Waals surface area contributed by atoms with Gasteiger partial charge in [-0.2, -0.15) is 0 Å². The Kier molecular flexibility index (Phi) is 2.95. The summed E-state index contributed by atoms with van der Waals surface area (Å²) >= 11 is 0. The Balaban J connectivity index is 1.82. The number of benzene rings is 1. The van der Waals surface area contributed by atoms with E-state index in [-0.39, 0.29) is 11.3 Å². The molecule has 1 aromatic heterocycles. The van der Waals surface area contributed by atoms with Crippen LogP contribution in [0.4, 0.5) is 0 Å². The van der Waals surface area contributed by atoms with Crippen molar-refractivity contribution in [2.24, 2.45) is 11.1 Å². The van der Waals surface area contributed by atoms with Crippen LogP contribution in [0.2, 0.25) is 0 Å². The molecule has 1 fully saturated rings. The third-order valence-corrected chi connectivity index (χ3v) is 3.90. The van der Waals surface area contributed by atoms with Gasteiger partial charge in [0.15, 0.2) is 0 Å². The second-order valence-electron chi connectivity index (χ2n) is 5.27. The molecule has 1 aliphatic rings. The Bertz CT molecular complexity index is 614. The van der Waals surface area contributed by atoms with E-state index in [1.54, 1.807) is 6.20 Å². The van der Waals surface area contributed by atoms with Crippen molar-refractivity contribution in [1.82, 2.24) is 10.3 Å². The molecule has 0 bridgehead atoms. The smallest absolute Gasteiger partial charge is 0.270 e. The van der Waals surface area contributed by atoms with Gasteiger partial charge < -0.3 is 11.1 Å². The van der Waals surface area contributed by atoms with Crippen LogP contribution in [-0.4, -0.2) is 24.0 Å². The van der Waals surface area contributed by atoms with E-state index in [0.29, 0.717) is 18.8 Å². The molecule has 1 heterocycles. The molecule has 0 atom stereocenters. The third kappa shape index (κ3) is 2.31. The Hall–Kier alpha value is -1.94. The van der Waals surface area contributed by atoms with Crippen molar-refractivity contribution in [3.8, 4) is 0 Å². The molecule has 1 saturated carbocycles. The van der Waals surface area contributed by atoms with E-state index in [1.807, 2.05) is 30.3 Å². The van der Waals surface area contributed by atoms with Gasteiger partial charge in [0.2, 0.25) is 0 Å². The number of nitrogens with two attached hydrogens (primary N) is 1. The van der Waals surface area contributed by atoms with Crippen molar-refractivity contribution < 1.29 is 4.79 Å². The summed E-state index contributed by atoms with van der Waals surface area (Å²) in [6.07, 6.45) is 3.88. The van der Waals surface area contributed by atoms with Crippen molar-refractivity contribution in [3.05, 3.63) is 42.2 Å². The van der Waals surface area contributed by atoms with Gasteiger partial charge in [0.05, 0.1) is 0 Å². The lowest BCUT2D eigenvalue weighted by atomic mass is 10.1. The predicted molar refractivity (Wildman–Crippen MR) is 74.8 cm³/mol. The van der Waals surface area contributed by atoms with E-state index in [4.69, 9.17) is 5.73 Å². The number of pyridine rings is 1. The third-order valence-electron chi connectivity index (χ3n) is 3.90. The quantitative estimate of drug-likeness (QED) is 0.873. The number of aromatic nitrogens is 1. The minimum absolute atomic E-state index is 0.114. The Morgan fingerprint density at radius 1 is 1.32 bits per heavy atom. The summed E-state index contributed by atoms with van der Waals surface area (Å²) < 4.78 is 0. The van der Waals surface area contributed by atoms with Gasteiger partial charge in [0, 0.05) is 23.5 Å². The highest BCUT2D eigenvalue weighted by molar-refractivity contribution is 6.05. The molecule has 2 aromatic rings. The summed E-state index contributed by atoms with van der Waals surface area (Å²) in [6.45, 7) is 1.28. The summed E-state index contributed by atoms with van der Waals surface area (Å²) in [4.78, 5) is 16.4. The SMILES string of the molecule is NCC1(CNC(=O)c2nccc3ccccc23)CC1. The highest BCUT2D eigenvalue weighted by atomic mass is 16.1. The summed E-state index contributed by atoms with van der Waals surface area (Å²) in [5, 5.41) is 4.88. The zero-order valence-electron chi connectivity index (χ0n) is 10.7. The predicted octanol–water partition coefficient (Wildman–Crippen LogP) is 1.70. The van der Waals surface area contributed by atoms with Crippen LogP contribution in [0.5, 0.6) is 0 Å². The number of fused-ring (bicyclic) bond motifs is 1. The topological polar surface area (TPSA) is 68.0 Å². The van der Waals surface area contributed by atoms with Crippen molar-refractivity contribution in [1.29, 1.82) is 0 Å². The van der Waals surface area contributed by atoms with Crippen LogP contribution < -0.4 is 11.1 Å². The second kappa shape index (κ2) is 4.63. The highest BCUT2D eigenvalue weighted by Gasteiger charge is 2.41. The van der Waals surface area contributed by atoms with E-state index in [9.17, 15) is 4.79 Å². The number of hydrogen-bond donors (Lipinski definition) is 2. The summed E-state index contributed by atoms with van der Waals surface area (Å²) in [5.41, 5.74) is 6.35. The zero-order chi connectivity index (χ0) is 13.3. The number of carbonyl (C=O) groups is 1. The number of nitrogens with zero attached hydrogens (tertiary/aromatic N) is 1. The molecule has 0 saturated heterocycles. The molecule has 19 heavy (non-hydrogen) atoms. The van der Waals surface area contributed by atoms with Crippen LogP contribution in [0.1, 0.15) is 23.3 Å². The molecule has 0 radical (unpaired) electrons. The molecule has 1 aromatic carbocycles. The zero-order valence-corrected chi connectivity index (χ0v) is 10.7. The van der Waals surface area contributed by atoms with Gasteiger partial charge in [-0.05, 0) is 30.8 Å². The first-order valence-corrected chi connectivity index (χ1v) is 6.56. The molecule has 0 spiro atoms. The Morgan fingerprint density at radius 3 is 2.84 bits per heavy atom. The second-order valence-corrected chi connectivity index (χ2v) is 5.27. The van der Waals surface area contributed by atoms with E-state index in [2.05, 4.69) is 10.3 Å². The van der Waals surface area contributed by atoms with Crippen LogP contribution >= 0.6 is 0 Å². The monoisotopic (exact) mass is 255 g/mol. The van der Waals surface area contributed by atoms with Crippen LogP contribution in [0.25, 0.3) is 10.8 Å². The Labute approximate surface area is 112 Å². The first kappa shape index (κ1) is 12.1. The van der Waals surface area contributed by atoms with Crippen LogP contribution in [0.3, 0.4) is 0 Å². The van der Waals surface area contributed by atoms with Gasteiger partial charge in [-0.1, -0.05) is 24.3 Å². The highest BCUT2D eigenvalue weighted by Crippen LogP contribution is 2.43. The van der Waals surface area contributed by atoms with Crippen molar-refractivity contribution in [3.63, 3.8) is 0 Å². The van der Waals surface area contributed by atoms with Gasteiger partial charge in [-0.3, -0.25) is 9.78 Å². The summed E-state index contributed by atoms with van der Waals surface area (Å²) in [5.74, 6) is -0.114. The molecular weight excluding hydrogens is 238 g/mol. The number of rotatable bonds is 4. The van der Waals surface area contributed by atoms with Gasteiger partial charge in [0.25, 0.3) is 5.91 Å². The molecule has 4 nitrogen and oxygen atoms in total. The van der Waals surface area contributed by atoms with Gasteiger partial charge in [-0.25, -0.2) is 0 Å². The fourth-order valence-electron chi connectivity index (χ4n) is 2.28. The molecule has 98 valence electrons. The van der Waals surface area contributed by atoms with Crippen molar-refractivity contribution >= 4 is 16.7 Å². The molecule has 4 heteroatoms. The van der Waals surface area contributed by atoms with Crippen molar-refractivity contribution in [2.45, 2.75) is 12.8 Å². The van der Waals surface area contributed by atoms with Crippen LogP contribution in [-0.2, 0) is 0 Å². The summed E-state index contributed by atoms with van der Waals surface area (Å²) in [7, 11) is 0. The lowest BCUT2D eigenvalue weighted by Gasteiger charge is -2.13. The molecule has 3 N–H and O–H groups in total. The maximum Gasteiger partial charge on any atom is 0.270 e. The minimum atomic E-state index is -0.114. The lowest BCUT2D eigenvalue weighted by Crippen LogP contribution is -2.34. The summed E-state index contributed by atoms with van der Waals surface area (Å²) in [6, 6.07) is 9.69. The van der Waals surface area contributed by atoms with Gasteiger partial charge >= 0.3 is 0 Å². The van der Waals surface area contributed by atoms with Gasteiger partial charge in [-0.15, -0.1) is 0 Å². The number of nitrogens with one attached hydrogen (secondary N) is 1. The fraction of sp³-hybridized carbons (Fsp3) is 0.333. The molecular formula is C15H17N3O. The van der Waals surface area contributed by atoms with E-state index in [0.717, 1.165) is 23.6 Å². The standard InChI is InChI=1S/C15H17N3O/c16-9-15(6-7-15)10-18-14(19)13-12-4-2-1-3-11(12)5-8-17-13/h1-5,8H,6-7,9-10,16H2,(H,18,19). The first-order chi connectivity index (χ1) is 9.24. The molecule has 3 rings (SSSR count). The maximum absolute atomic E-state index is 12.2. The number of hydrogen-bond acceptors (Lipinski definition) is 3. The number of amides is 1. The maximum atomic E-state index is 12.2. The van der Waals surface area contributed by atoms with Crippen LogP contribution in [0, 0.1) is 5.41 Å². The van der Waals surface area contributed by atoms with E-state index < -0.39 is 0 Å². The van der Waals surface area contributed by atoms with E-state index >= 15 is 0 Å². The average molecular weight is 255 g/mol. The Morgan fingerprint density at radius 2 is 2.11 bits per heavy atom. The fourth-order valence-corrected chi connectivity index (χ4v) is 2.28. The lowest BCUT2D eigenvalue weighted by molar-refractivity contribution is 0.0942. The van der Waals surface area contributed by atoms with Gasteiger partial charge in [0.1, 0.15) is 5.69 Å². The number of carbonyl (C=O) groups excluding carboxylic acids is 1. The normalized spacial score (nSPS) is 16.3. The first-order valence-electron chi connectivity index (χ1n) is 6.56. The minimum Gasteiger partial charge on any atom is -0.350 e. The largest absolute Gasteiger partial charge is 0.350 e. The molecule has 1 amide bonds.